The smallest absolute Gasteiger partial charge is 0.0307 e. The van der Waals surface area contributed by atoms with Crippen LogP contribution in [-0.2, 0) is 0 Å². The van der Waals surface area contributed by atoms with Crippen molar-refractivity contribution in [1.82, 2.24) is 15.1 Å². The number of hydrogen-bond acceptors (Lipinski definition) is 5. The van der Waals surface area contributed by atoms with Crippen LogP contribution in [0.15, 0.2) is 12.2 Å². The Morgan fingerprint density at radius 3 is 1.54 bits per heavy atom. The molecule has 0 amide bonds. The van der Waals surface area contributed by atoms with Gasteiger partial charge in [-0.05, 0) is 26.5 Å². The molecule has 4 N–H and O–H groups in total. The van der Waals surface area contributed by atoms with Crippen molar-refractivity contribution in [2.24, 2.45) is 5.73 Å². The molecule has 0 unspecified atom stereocenters. The van der Waals surface area contributed by atoms with Crippen LogP contribution >= 0.6 is 0 Å². The van der Waals surface area contributed by atoms with Crippen LogP contribution in [-0.4, -0.2) is 74.9 Å². The van der Waals surface area contributed by atoms with Crippen molar-refractivity contribution in [3.05, 3.63) is 12.2 Å². The Kier molecular flexibility index (Phi) is 55.3. The fourth-order valence-corrected chi connectivity index (χ4v) is 2.01. The highest BCUT2D eigenvalue weighted by molar-refractivity contribution is 5.91. The number of nitrogens with one attached hydrogen (secondary N) is 2. The quantitative estimate of drug-likeness (QED) is 0.530. The zero-order valence-electron chi connectivity index (χ0n) is 21.5. The van der Waals surface area contributed by atoms with Gasteiger partial charge in [-0.25, -0.2) is 0 Å². The van der Waals surface area contributed by atoms with E-state index in [2.05, 4.69) is 15.1 Å². The molecule has 174 valence electrons. The van der Waals surface area contributed by atoms with Crippen LogP contribution in [0.2, 0.25) is 0 Å². The van der Waals surface area contributed by atoms with E-state index in [1.807, 2.05) is 82.4 Å². The van der Waals surface area contributed by atoms with Gasteiger partial charge in [-0.1, -0.05) is 68.4 Å². The zero-order chi connectivity index (χ0) is 23.2. The Balaban J connectivity index is -0.000000100. The first-order valence-corrected chi connectivity index (χ1v) is 11.7. The number of nitrogens with two attached hydrogens (primary N) is 1. The third-order valence-corrected chi connectivity index (χ3v) is 3.34. The highest BCUT2D eigenvalue weighted by atomic mass is 15.3. The Morgan fingerprint density at radius 2 is 1.29 bits per heavy atom. The number of piperazine rings is 1. The molecule has 0 atom stereocenters. The van der Waals surface area contributed by atoms with Gasteiger partial charge in [0.05, 0.1) is 0 Å². The van der Waals surface area contributed by atoms with Crippen molar-refractivity contribution >= 4 is 5.71 Å². The van der Waals surface area contributed by atoms with Gasteiger partial charge in [-0.15, -0.1) is 0 Å². The van der Waals surface area contributed by atoms with Gasteiger partial charge in [0.15, 0.2) is 0 Å². The average molecular weight is 404 g/mol. The lowest BCUT2D eigenvalue weighted by atomic mass is 10.3. The van der Waals surface area contributed by atoms with E-state index in [9.17, 15) is 0 Å². The fraction of sp³-hybridized carbons (Fsp3) is 0.870. The molecule has 0 radical (unpaired) electrons. The van der Waals surface area contributed by atoms with E-state index >= 15 is 0 Å². The second-order valence-electron chi connectivity index (χ2n) is 4.95. The molecule has 1 fully saturated rings. The molecule has 0 saturated carbocycles. The zero-order valence-corrected chi connectivity index (χ0v) is 21.5. The van der Waals surface area contributed by atoms with E-state index in [1.165, 1.54) is 32.7 Å². The van der Waals surface area contributed by atoms with Crippen LogP contribution in [0.4, 0.5) is 0 Å². The van der Waals surface area contributed by atoms with Gasteiger partial charge >= 0.3 is 0 Å². The maximum absolute atomic E-state index is 7.05. The second kappa shape index (κ2) is 40.8. The largest absolute Gasteiger partial charge is 0.329 e. The average Bonchev–Trinajstić information content (AvgIpc) is 2.79. The number of allylic oxidation sites excluding steroid dienone is 2. The standard InChI is InChI=1S/C9H22N4.C6H11N.4C2H6/c1-11-3-5-13-8-6-12(4-2-10)7-9-13;1-3-5-6(7)4-2;4*1-2/h11H,2-10H2,1H3;3,5,7H,4H2,1-2H3;4*1-2H3/b;5-3-,7-6?;;;;. The highest BCUT2D eigenvalue weighted by Crippen LogP contribution is 1.99. The molecule has 1 aliphatic rings. The van der Waals surface area contributed by atoms with Crippen LogP contribution in [0.1, 0.15) is 75.7 Å². The molecular weight excluding hydrogens is 346 g/mol. The summed E-state index contributed by atoms with van der Waals surface area (Å²) in [5.41, 5.74) is 6.21. The van der Waals surface area contributed by atoms with E-state index in [4.69, 9.17) is 11.1 Å². The Morgan fingerprint density at radius 1 is 0.893 bits per heavy atom. The summed E-state index contributed by atoms with van der Waals surface area (Å²) in [5.74, 6) is 0. The molecule has 1 heterocycles. The van der Waals surface area contributed by atoms with Crippen molar-refractivity contribution in [1.29, 1.82) is 5.41 Å². The molecule has 0 aromatic heterocycles. The van der Waals surface area contributed by atoms with E-state index in [0.29, 0.717) is 5.71 Å². The Labute approximate surface area is 179 Å². The molecule has 28 heavy (non-hydrogen) atoms. The first-order valence-electron chi connectivity index (χ1n) is 11.7. The Bertz CT molecular complexity index is 260. The molecule has 1 saturated heterocycles. The molecule has 5 nitrogen and oxygen atoms in total. The Hall–Kier alpha value is -0.750. The van der Waals surface area contributed by atoms with E-state index in [1.54, 1.807) is 6.08 Å². The van der Waals surface area contributed by atoms with Crippen LogP contribution in [0.25, 0.3) is 0 Å². The molecule has 0 bridgehead atoms. The van der Waals surface area contributed by atoms with Gasteiger partial charge in [-0.3, -0.25) is 9.80 Å². The minimum absolute atomic E-state index is 0.697. The summed E-state index contributed by atoms with van der Waals surface area (Å²) in [6, 6.07) is 0. The third kappa shape index (κ3) is 32.9. The molecule has 1 rings (SSSR count). The van der Waals surface area contributed by atoms with Crippen molar-refractivity contribution in [3.63, 3.8) is 0 Å². The van der Waals surface area contributed by atoms with Crippen LogP contribution in [0, 0.1) is 5.41 Å². The fourth-order valence-electron chi connectivity index (χ4n) is 2.01. The van der Waals surface area contributed by atoms with Crippen molar-refractivity contribution in [2.75, 3.05) is 59.4 Å². The first kappa shape index (κ1) is 37.9. The summed E-state index contributed by atoms with van der Waals surface area (Å²) in [5, 5.41) is 10.2. The summed E-state index contributed by atoms with van der Waals surface area (Å²) in [6.45, 7) is 28.8. The molecule has 0 spiro atoms. The first-order chi connectivity index (χ1) is 13.7. The molecule has 1 aliphatic heterocycles. The predicted molar refractivity (Wildman–Crippen MR) is 134 cm³/mol. The van der Waals surface area contributed by atoms with Gasteiger partial charge in [0.1, 0.15) is 0 Å². The SMILES string of the molecule is C/C=C\C(=N)CC.CC.CC.CC.CC.CNCCN1CCN(CCN)CC1. The molecule has 0 aromatic rings. The van der Waals surface area contributed by atoms with Gasteiger partial charge in [0.25, 0.3) is 0 Å². The third-order valence-electron chi connectivity index (χ3n) is 3.34. The maximum atomic E-state index is 7.05. The number of rotatable bonds is 7. The lowest BCUT2D eigenvalue weighted by Gasteiger charge is -2.34. The van der Waals surface area contributed by atoms with Crippen LogP contribution < -0.4 is 11.1 Å². The van der Waals surface area contributed by atoms with E-state index in [-0.39, 0.29) is 0 Å². The topological polar surface area (TPSA) is 68.4 Å². The van der Waals surface area contributed by atoms with Gasteiger partial charge in [0.2, 0.25) is 0 Å². The van der Waals surface area contributed by atoms with Crippen LogP contribution in [0.5, 0.6) is 0 Å². The summed E-state index contributed by atoms with van der Waals surface area (Å²) >= 11 is 0. The number of hydrogen-bond donors (Lipinski definition) is 3. The predicted octanol–water partition coefficient (Wildman–Crippen LogP) is 4.88. The molecular formula is C23H57N5. The van der Waals surface area contributed by atoms with Crippen LogP contribution in [0.3, 0.4) is 0 Å². The summed E-state index contributed by atoms with van der Waals surface area (Å²) in [4.78, 5) is 4.94. The number of nitrogens with zero attached hydrogens (tertiary/aromatic N) is 2. The van der Waals surface area contributed by atoms with Crippen molar-refractivity contribution in [2.45, 2.75) is 75.7 Å². The summed E-state index contributed by atoms with van der Waals surface area (Å²) in [6.07, 6.45) is 4.52. The number of likely N-dealkylation sites (N-methyl/N-ethyl adjacent to an activating group) is 1. The van der Waals surface area contributed by atoms with E-state index in [0.717, 1.165) is 26.1 Å². The normalized spacial score (nSPS) is 13.0. The maximum Gasteiger partial charge on any atom is 0.0307 e. The lowest BCUT2D eigenvalue weighted by Crippen LogP contribution is -2.48. The minimum atomic E-state index is 0.697. The molecule has 0 aromatic carbocycles. The monoisotopic (exact) mass is 403 g/mol. The molecule has 5 heteroatoms. The van der Waals surface area contributed by atoms with Gasteiger partial charge in [-0.2, -0.15) is 0 Å². The molecule has 0 aliphatic carbocycles. The van der Waals surface area contributed by atoms with Gasteiger partial charge < -0.3 is 16.5 Å². The highest BCUT2D eigenvalue weighted by Gasteiger charge is 2.14. The minimum Gasteiger partial charge on any atom is -0.329 e. The second-order valence-corrected chi connectivity index (χ2v) is 4.95. The lowest BCUT2D eigenvalue weighted by molar-refractivity contribution is 0.136. The summed E-state index contributed by atoms with van der Waals surface area (Å²) < 4.78 is 0. The van der Waals surface area contributed by atoms with Crippen molar-refractivity contribution < 1.29 is 0 Å². The summed E-state index contributed by atoms with van der Waals surface area (Å²) in [7, 11) is 2.00. The van der Waals surface area contributed by atoms with Gasteiger partial charge in [0, 0.05) is 58.1 Å². The van der Waals surface area contributed by atoms with E-state index < -0.39 is 0 Å². The van der Waals surface area contributed by atoms with Crippen molar-refractivity contribution in [3.8, 4) is 0 Å².